The average Bonchev–Trinajstić information content (AvgIpc) is 3.02. The largest absolute Gasteiger partial charge is 0.424 e. The summed E-state index contributed by atoms with van der Waals surface area (Å²) >= 11 is 5.88. The van der Waals surface area contributed by atoms with E-state index in [1.54, 1.807) is 0 Å². The molecule has 8 heteroatoms. The molecule has 106 valence electrons. The summed E-state index contributed by atoms with van der Waals surface area (Å²) in [4.78, 5) is 15.9. The lowest BCUT2D eigenvalue weighted by molar-refractivity contribution is 0.437. The number of ether oxygens (including phenoxy) is 1. The van der Waals surface area contributed by atoms with Crippen LogP contribution in [0.3, 0.4) is 0 Å². The van der Waals surface area contributed by atoms with Gasteiger partial charge in [-0.05, 0) is 35.7 Å². The number of benzene rings is 1. The number of hydrogen-bond donors (Lipinski definition) is 0. The van der Waals surface area contributed by atoms with Gasteiger partial charge in [0.05, 0.1) is 0 Å². The third-order valence-electron chi connectivity index (χ3n) is 2.74. The summed E-state index contributed by atoms with van der Waals surface area (Å²) in [7, 11) is 0. The van der Waals surface area contributed by atoms with Crippen molar-refractivity contribution in [2.45, 2.75) is 13.3 Å². The highest BCUT2D eigenvalue weighted by atomic mass is 35.5. The number of halogens is 1. The molecule has 7 nitrogen and oxygen atoms in total. The van der Waals surface area contributed by atoms with Gasteiger partial charge in [0.25, 0.3) is 5.95 Å². The lowest BCUT2D eigenvalue weighted by Gasteiger charge is -2.06. The van der Waals surface area contributed by atoms with Gasteiger partial charge < -0.3 is 4.74 Å². The Bertz CT molecular complexity index is 729. The van der Waals surface area contributed by atoms with Gasteiger partial charge in [-0.1, -0.05) is 19.1 Å². The Balaban J connectivity index is 1.88. The van der Waals surface area contributed by atoms with E-state index in [0.29, 0.717) is 5.75 Å². The zero-order chi connectivity index (χ0) is 14.7. The highest BCUT2D eigenvalue weighted by Crippen LogP contribution is 2.20. The minimum atomic E-state index is 0.0238. The minimum absolute atomic E-state index is 0.0238. The van der Waals surface area contributed by atoms with Gasteiger partial charge in [-0.3, -0.25) is 0 Å². The Morgan fingerprint density at radius 1 is 1.14 bits per heavy atom. The molecule has 0 saturated carbocycles. The lowest BCUT2D eigenvalue weighted by atomic mass is 10.2. The average molecular weight is 303 g/mol. The molecule has 1 aromatic carbocycles. The highest BCUT2D eigenvalue weighted by molar-refractivity contribution is 6.28. The molecule has 0 aliphatic rings. The Hall–Kier alpha value is -2.54. The Morgan fingerprint density at radius 2 is 1.95 bits per heavy atom. The predicted octanol–water partition coefficient (Wildman–Crippen LogP) is 2.46. The molecule has 21 heavy (non-hydrogen) atoms. The van der Waals surface area contributed by atoms with Gasteiger partial charge >= 0.3 is 6.01 Å². The van der Waals surface area contributed by atoms with E-state index in [-0.39, 0.29) is 17.2 Å². The molecule has 0 aliphatic carbocycles. The van der Waals surface area contributed by atoms with Crippen LogP contribution in [-0.4, -0.2) is 29.7 Å². The van der Waals surface area contributed by atoms with E-state index in [2.05, 4.69) is 32.0 Å². The van der Waals surface area contributed by atoms with Crippen LogP contribution < -0.4 is 4.74 Å². The summed E-state index contributed by atoms with van der Waals surface area (Å²) in [6.07, 6.45) is 3.81. The van der Waals surface area contributed by atoms with Gasteiger partial charge in [-0.25, -0.2) is 4.98 Å². The molecule has 0 unspecified atom stereocenters. The zero-order valence-electron chi connectivity index (χ0n) is 11.1. The second-order valence-corrected chi connectivity index (χ2v) is 4.46. The molecule has 0 amide bonds. The smallest absolute Gasteiger partial charge is 0.328 e. The van der Waals surface area contributed by atoms with Crippen molar-refractivity contribution >= 4 is 11.6 Å². The van der Waals surface area contributed by atoms with Gasteiger partial charge in [-0.2, -0.15) is 24.7 Å². The summed E-state index contributed by atoms with van der Waals surface area (Å²) in [6.45, 7) is 2.09. The molecule has 3 rings (SSSR count). The SMILES string of the molecule is CCc1ccc(Oc2nc(Cl)nc(-n3cncn3)n2)cc1. The van der Waals surface area contributed by atoms with Crippen molar-refractivity contribution < 1.29 is 4.74 Å². The van der Waals surface area contributed by atoms with Crippen LogP contribution in [0.1, 0.15) is 12.5 Å². The maximum atomic E-state index is 5.88. The van der Waals surface area contributed by atoms with Crippen molar-refractivity contribution in [3.63, 3.8) is 0 Å². The fourth-order valence-corrected chi connectivity index (χ4v) is 1.83. The quantitative estimate of drug-likeness (QED) is 0.736. The number of nitrogens with zero attached hydrogens (tertiary/aromatic N) is 6. The molecule has 0 N–H and O–H groups in total. The van der Waals surface area contributed by atoms with Crippen LogP contribution in [0.25, 0.3) is 5.95 Å². The molecule has 2 heterocycles. The predicted molar refractivity (Wildman–Crippen MR) is 75.6 cm³/mol. The highest BCUT2D eigenvalue weighted by Gasteiger charge is 2.09. The van der Waals surface area contributed by atoms with Crippen LogP contribution in [0.15, 0.2) is 36.9 Å². The molecule has 0 radical (unpaired) electrons. The first-order chi connectivity index (χ1) is 10.2. The van der Waals surface area contributed by atoms with E-state index in [1.807, 2.05) is 24.3 Å². The first kappa shape index (κ1) is 13.4. The molecular weight excluding hydrogens is 292 g/mol. The maximum absolute atomic E-state index is 5.88. The van der Waals surface area contributed by atoms with Gasteiger partial charge in [0.2, 0.25) is 5.28 Å². The summed E-state index contributed by atoms with van der Waals surface area (Å²) < 4.78 is 6.96. The number of hydrogen-bond acceptors (Lipinski definition) is 6. The molecule has 2 aromatic heterocycles. The standard InChI is InChI=1S/C13H11ClN6O/c1-2-9-3-5-10(6-4-9)21-13-18-11(14)17-12(19-13)20-8-15-7-16-20/h3-8H,2H2,1H3. The third-order valence-corrected chi connectivity index (χ3v) is 2.91. The van der Waals surface area contributed by atoms with E-state index < -0.39 is 0 Å². The minimum Gasteiger partial charge on any atom is -0.424 e. The maximum Gasteiger partial charge on any atom is 0.328 e. The van der Waals surface area contributed by atoms with E-state index in [9.17, 15) is 0 Å². The topological polar surface area (TPSA) is 78.6 Å². The van der Waals surface area contributed by atoms with Crippen LogP contribution in [0.2, 0.25) is 5.28 Å². The van der Waals surface area contributed by atoms with Gasteiger partial charge in [0.1, 0.15) is 18.4 Å². The van der Waals surface area contributed by atoms with Crippen molar-refractivity contribution in [1.29, 1.82) is 0 Å². The fraction of sp³-hybridized carbons (Fsp3) is 0.154. The number of aromatic nitrogens is 6. The molecule has 0 spiro atoms. The molecule has 3 aromatic rings. The van der Waals surface area contributed by atoms with Crippen LogP contribution in [0, 0.1) is 0 Å². The Morgan fingerprint density at radius 3 is 2.62 bits per heavy atom. The first-order valence-electron chi connectivity index (χ1n) is 6.28. The summed E-state index contributed by atoms with van der Waals surface area (Å²) in [5, 5.41) is 3.96. The van der Waals surface area contributed by atoms with E-state index in [0.717, 1.165) is 6.42 Å². The zero-order valence-corrected chi connectivity index (χ0v) is 11.9. The summed E-state index contributed by atoms with van der Waals surface area (Å²) in [5.41, 5.74) is 1.22. The van der Waals surface area contributed by atoms with E-state index in [1.165, 1.54) is 22.9 Å². The van der Waals surface area contributed by atoms with Crippen LogP contribution in [0.4, 0.5) is 0 Å². The van der Waals surface area contributed by atoms with Gasteiger partial charge in [-0.15, -0.1) is 0 Å². The van der Waals surface area contributed by atoms with Crippen LogP contribution in [-0.2, 0) is 6.42 Å². The first-order valence-corrected chi connectivity index (χ1v) is 6.66. The molecule has 0 fully saturated rings. The summed E-state index contributed by atoms with van der Waals surface area (Å²) in [5.74, 6) is 0.867. The number of aryl methyl sites for hydroxylation is 1. The monoisotopic (exact) mass is 302 g/mol. The van der Waals surface area contributed by atoms with Crippen molar-refractivity contribution in [3.05, 3.63) is 47.8 Å². The molecule has 0 atom stereocenters. The van der Waals surface area contributed by atoms with Gasteiger partial charge in [0.15, 0.2) is 0 Å². The van der Waals surface area contributed by atoms with Crippen LogP contribution in [0.5, 0.6) is 11.8 Å². The van der Waals surface area contributed by atoms with Crippen molar-refractivity contribution in [2.24, 2.45) is 0 Å². The molecular formula is C13H11ClN6O. The molecule has 0 aliphatic heterocycles. The second kappa shape index (κ2) is 5.84. The Labute approximate surface area is 125 Å². The molecule has 0 saturated heterocycles. The van der Waals surface area contributed by atoms with Crippen LogP contribution >= 0.6 is 11.6 Å². The van der Waals surface area contributed by atoms with Crippen molar-refractivity contribution in [2.75, 3.05) is 0 Å². The molecule has 0 bridgehead atoms. The third kappa shape index (κ3) is 3.14. The Kier molecular flexibility index (Phi) is 3.74. The van der Waals surface area contributed by atoms with Crippen molar-refractivity contribution in [1.82, 2.24) is 29.7 Å². The lowest BCUT2D eigenvalue weighted by Crippen LogP contribution is -2.05. The fourth-order valence-electron chi connectivity index (χ4n) is 1.68. The van der Waals surface area contributed by atoms with Gasteiger partial charge in [0, 0.05) is 0 Å². The second-order valence-electron chi connectivity index (χ2n) is 4.13. The summed E-state index contributed by atoms with van der Waals surface area (Å²) in [6, 6.07) is 7.77. The normalized spacial score (nSPS) is 10.6. The van der Waals surface area contributed by atoms with Crippen molar-refractivity contribution in [3.8, 4) is 17.7 Å². The number of rotatable bonds is 4. The van der Waals surface area contributed by atoms with E-state index >= 15 is 0 Å². The van der Waals surface area contributed by atoms with E-state index in [4.69, 9.17) is 16.3 Å².